The highest BCUT2D eigenvalue weighted by molar-refractivity contribution is 5.93. The molecule has 296 valence electrons. The third-order valence-electron chi connectivity index (χ3n) is 11.2. The van der Waals surface area contributed by atoms with Crippen molar-refractivity contribution in [1.29, 1.82) is 0 Å². The second kappa shape index (κ2) is 17.5. The third kappa shape index (κ3) is 8.07. The standard InChI is InChI=1S/C38H56N2O13/c1-3-5-7-14-37(15-8-6-4-2)51-30-25-20-38(36(47)39-16-17-41)32(34(46)49-25)40(53-33(38)31(30)52-37)21-24-12-9-11-23(19-24)13-10-18-48-35-29(45)28(44)27(43)26(22-42)50-35/h9-13,19,25-33,35,41-45H,3-8,14-18,20-22H2,1-2H3,(H,39,47)/t25-,26-,27+,28+,29-,30+,31+,32-,33-,35+,38-/m1/s1. The normalized spacial score (nSPS) is 36.1. The number of carbonyl (C=O) groups is 2. The van der Waals surface area contributed by atoms with E-state index in [0.717, 1.165) is 49.7 Å². The van der Waals surface area contributed by atoms with Crippen LogP contribution < -0.4 is 5.32 Å². The zero-order valence-electron chi connectivity index (χ0n) is 30.6. The van der Waals surface area contributed by atoms with Crippen LogP contribution in [0.15, 0.2) is 30.3 Å². The Hall–Kier alpha value is -2.54. The van der Waals surface area contributed by atoms with Crippen molar-refractivity contribution in [2.45, 2.75) is 145 Å². The number of rotatable bonds is 18. The molecular weight excluding hydrogens is 692 g/mol. The Labute approximate surface area is 310 Å². The van der Waals surface area contributed by atoms with Crippen molar-refractivity contribution in [1.82, 2.24) is 10.4 Å². The molecule has 6 rings (SSSR count). The van der Waals surface area contributed by atoms with Crippen molar-refractivity contribution in [3.05, 3.63) is 41.5 Å². The van der Waals surface area contributed by atoms with Crippen molar-refractivity contribution in [2.75, 3.05) is 26.4 Å². The summed E-state index contributed by atoms with van der Waals surface area (Å²) in [7, 11) is 0. The summed E-state index contributed by atoms with van der Waals surface area (Å²) in [6.45, 7) is 3.65. The number of nitrogens with zero attached hydrogens (tertiary/aromatic N) is 1. The first-order chi connectivity index (χ1) is 25.6. The highest BCUT2D eigenvalue weighted by Gasteiger charge is 2.76. The molecule has 1 aromatic rings. The zero-order valence-corrected chi connectivity index (χ0v) is 30.6. The average Bonchev–Trinajstić information content (AvgIpc) is 3.71. The fraction of sp³-hybridized carbons (Fsp3) is 0.737. The van der Waals surface area contributed by atoms with E-state index in [0.29, 0.717) is 12.8 Å². The van der Waals surface area contributed by atoms with Crippen LogP contribution in [0.1, 0.15) is 82.8 Å². The minimum Gasteiger partial charge on any atom is -0.458 e. The number of esters is 1. The Morgan fingerprint density at radius 1 is 1.02 bits per heavy atom. The molecule has 5 aliphatic rings. The number of hydrogen-bond donors (Lipinski definition) is 6. The molecular formula is C38H56N2O13. The Morgan fingerprint density at radius 2 is 1.75 bits per heavy atom. The van der Waals surface area contributed by atoms with Gasteiger partial charge < -0.3 is 54.5 Å². The number of benzene rings is 1. The maximum Gasteiger partial charge on any atom is 0.327 e. The minimum absolute atomic E-state index is 0.00655. The van der Waals surface area contributed by atoms with E-state index in [4.69, 9.17) is 28.5 Å². The van der Waals surface area contributed by atoms with Crippen LogP contribution in [-0.4, -0.2) is 136 Å². The van der Waals surface area contributed by atoms with Gasteiger partial charge in [-0.05, 0) is 24.0 Å². The van der Waals surface area contributed by atoms with Gasteiger partial charge in [-0.1, -0.05) is 75.9 Å². The van der Waals surface area contributed by atoms with E-state index in [9.17, 15) is 35.1 Å². The monoisotopic (exact) mass is 748 g/mol. The van der Waals surface area contributed by atoms with Crippen LogP contribution in [0, 0.1) is 5.41 Å². The lowest BCUT2D eigenvalue weighted by Crippen LogP contribution is -2.69. The molecule has 1 saturated carbocycles. The highest BCUT2D eigenvalue weighted by Crippen LogP contribution is 2.58. The lowest BCUT2D eigenvalue weighted by atomic mass is 9.62. The van der Waals surface area contributed by atoms with Gasteiger partial charge in [-0.15, -0.1) is 0 Å². The molecule has 0 spiro atoms. The van der Waals surface area contributed by atoms with Gasteiger partial charge in [0.05, 0.1) is 26.4 Å². The molecule has 15 heteroatoms. The molecule has 4 saturated heterocycles. The summed E-state index contributed by atoms with van der Waals surface area (Å²) < 4.78 is 30.7. The van der Waals surface area contributed by atoms with Crippen LogP contribution in [0.25, 0.3) is 6.08 Å². The minimum atomic E-state index is -1.53. The molecule has 0 radical (unpaired) electrons. The van der Waals surface area contributed by atoms with Gasteiger partial charge in [-0.2, -0.15) is 5.06 Å². The SMILES string of the molecule is CCCCCC1(CCCCC)O[C@@H]2[C@H](O1)[C@H]1ON(Cc3cccc(C=CCO[C@H]4O[C@H](CO)[C@H](O)[C@H](O)[C@H]4O)c3)[C@@H]3C(=O)O[C@@H]2C[C@]13C(=O)NCCO. The fourth-order valence-electron chi connectivity index (χ4n) is 8.55. The number of fused-ring (bicyclic) bond motifs is 4. The number of carbonyl (C=O) groups excluding carboxylic acids is 2. The summed E-state index contributed by atoms with van der Waals surface area (Å²) in [5.74, 6) is -1.83. The lowest BCUT2D eigenvalue weighted by molar-refractivity contribution is -0.298. The van der Waals surface area contributed by atoms with Crippen LogP contribution in [0.2, 0.25) is 0 Å². The smallest absolute Gasteiger partial charge is 0.327 e. The van der Waals surface area contributed by atoms with Gasteiger partial charge in [0.1, 0.15) is 54.2 Å². The van der Waals surface area contributed by atoms with E-state index in [1.807, 2.05) is 24.3 Å². The highest BCUT2D eigenvalue weighted by atomic mass is 16.8. The fourth-order valence-corrected chi connectivity index (χ4v) is 8.55. The van der Waals surface area contributed by atoms with Gasteiger partial charge in [-0.3, -0.25) is 14.4 Å². The van der Waals surface area contributed by atoms with E-state index in [1.54, 1.807) is 12.2 Å². The van der Waals surface area contributed by atoms with Crippen LogP contribution in [-0.2, 0) is 44.7 Å². The van der Waals surface area contributed by atoms with Gasteiger partial charge in [0.25, 0.3) is 0 Å². The van der Waals surface area contributed by atoms with Crippen molar-refractivity contribution >= 4 is 18.0 Å². The third-order valence-corrected chi connectivity index (χ3v) is 11.2. The molecule has 4 heterocycles. The Morgan fingerprint density at radius 3 is 2.45 bits per heavy atom. The van der Waals surface area contributed by atoms with Crippen molar-refractivity contribution in [3.63, 3.8) is 0 Å². The summed E-state index contributed by atoms with van der Waals surface area (Å²) in [6, 6.07) is 6.43. The topological polar surface area (TPSA) is 206 Å². The van der Waals surface area contributed by atoms with Crippen LogP contribution >= 0.6 is 0 Å². The number of nitrogens with one attached hydrogen (secondary N) is 1. The molecule has 15 nitrogen and oxygen atoms in total. The first-order valence-corrected chi connectivity index (χ1v) is 19.2. The van der Waals surface area contributed by atoms with Crippen LogP contribution in [0.3, 0.4) is 0 Å². The first kappa shape index (κ1) is 40.1. The maximum absolute atomic E-state index is 14.2. The summed E-state index contributed by atoms with van der Waals surface area (Å²) in [5, 5.41) is 53.6. The second-order valence-electron chi connectivity index (χ2n) is 14.9. The van der Waals surface area contributed by atoms with Gasteiger partial charge in [0.2, 0.25) is 5.91 Å². The molecule has 6 N–H and O–H groups in total. The molecule has 5 fully saturated rings. The van der Waals surface area contributed by atoms with Gasteiger partial charge >= 0.3 is 5.97 Å². The molecule has 0 aromatic heterocycles. The van der Waals surface area contributed by atoms with Gasteiger partial charge in [-0.25, -0.2) is 0 Å². The Kier molecular flexibility index (Phi) is 13.3. The number of unbranched alkanes of at least 4 members (excludes halogenated alkanes) is 4. The van der Waals surface area contributed by atoms with Crippen molar-refractivity contribution < 1.29 is 63.6 Å². The summed E-state index contributed by atoms with van der Waals surface area (Å²) in [4.78, 5) is 34.7. The van der Waals surface area contributed by atoms with Crippen molar-refractivity contribution in [2.24, 2.45) is 5.41 Å². The lowest BCUT2D eigenvalue weighted by Gasteiger charge is -2.48. The number of aliphatic hydroxyl groups is 5. The quantitative estimate of drug-likeness (QED) is 0.0918. The average molecular weight is 749 g/mol. The number of amides is 1. The predicted molar refractivity (Wildman–Crippen MR) is 187 cm³/mol. The van der Waals surface area contributed by atoms with E-state index >= 15 is 0 Å². The summed E-state index contributed by atoms with van der Waals surface area (Å²) >= 11 is 0. The van der Waals surface area contributed by atoms with E-state index < -0.39 is 90.8 Å². The zero-order chi connectivity index (χ0) is 37.8. The van der Waals surface area contributed by atoms with Crippen LogP contribution in [0.5, 0.6) is 0 Å². The second-order valence-corrected chi connectivity index (χ2v) is 14.9. The molecule has 1 amide bonds. The Bertz CT molecular complexity index is 1420. The first-order valence-electron chi connectivity index (χ1n) is 19.2. The van der Waals surface area contributed by atoms with Crippen molar-refractivity contribution in [3.8, 4) is 0 Å². The molecule has 1 aromatic carbocycles. The number of hydroxylamine groups is 2. The molecule has 4 aliphatic heterocycles. The summed E-state index contributed by atoms with van der Waals surface area (Å²) in [5.41, 5.74) is 0.242. The molecule has 53 heavy (non-hydrogen) atoms. The number of ether oxygens (including phenoxy) is 5. The van der Waals surface area contributed by atoms with Gasteiger partial charge in [0.15, 0.2) is 18.1 Å². The predicted octanol–water partition coefficient (Wildman–Crippen LogP) is 1.07. The molecule has 0 unspecified atom stereocenters. The largest absolute Gasteiger partial charge is 0.458 e. The summed E-state index contributed by atoms with van der Waals surface area (Å²) in [6.07, 6.45) is 1.42. The number of aliphatic hydroxyl groups excluding tert-OH is 5. The maximum atomic E-state index is 14.2. The molecule has 1 aliphatic carbocycles. The van der Waals surface area contributed by atoms with Crippen LogP contribution in [0.4, 0.5) is 0 Å². The van der Waals surface area contributed by atoms with E-state index in [1.165, 1.54) is 5.06 Å². The van der Waals surface area contributed by atoms with E-state index in [2.05, 4.69) is 19.2 Å². The molecule has 11 atom stereocenters. The Balaban J connectivity index is 1.20. The number of hydrogen-bond acceptors (Lipinski definition) is 14. The van der Waals surface area contributed by atoms with E-state index in [-0.39, 0.29) is 32.7 Å². The molecule has 2 bridgehead atoms. The van der Waals surface area contributed by atoms with Gasteiger partial charge in [0, 0.05) is 25.8 Å².